The summed E-state index contributed by atoms with van der Waals surface area (Å²) in [5.41, 5.74) is 11.0. The van der Waals surface area contributed by atoms with Crippen LogP contribution in [0.15, 0.2) is 193 Å². The van der Waals surface area contributed by atoms with Gasteiger partial charge in [0.05, 0.1) is 35.3 Å². The first-order valence-corrected chi connectivity index (χ1v) is 36.3. The van der Waals surface area contributed by atoms with Crippen LogP contribution in [-0.2, 0) is 41.4 Å². The molecule has 9 aromatic rings. The van der Waals surface area contributed by atoms with Crippen LogP contribution in [-0.4, -0.2) is 74.4 Å². The second-order valence-electron chi connectivity index (χ2n) is 31.1. The maximum atomic E-state index is 12.5. The van der Waals surface area contributed by atoms with Crippen LogP contribution in [0.5, 0.6) is 0 Å². The third-order valence-electron chi connectivity index (χ3n) is 17.2. The third kappa shape index (κ3) is 26.2. The molecule has 2 atom stereocenters. The van der Waals surface area contributed by atoms with E-state index in [0.717, 1.165) is 16.0 Å². The first kappa shape index (κ1) is 84.8. The molecular formula is C87H103N7O12S. The topological polar surface area (TPSA) is 285 Å². The molecule has 6 aromatic carbocycles. The van der Waals surface area contributed by atoms with Gasteiger partial charge in [-0.25, -0.2) is 14.6 Å². The minimum absolute atomic E-state index is 0.0188. The summed E-state index contributed by atoms with van der Waals surface area (Å²) in [5.74, 6) is -2.97. The van der Waals surface area contributed by atoms with Gasteiger partial charge in [-0.3, -0.25) is 28.8 Å². The zero-order valence-corrected chi connectivity index (χ0v) is 65.8. The average molecular weight is 1470 g/mol. The van der Waals surface area contributed by atoms with Gasteiger partial charge in [0.15, 0.2) is 5.82 Å². The fourth-order valence-electron chi connectivity index (χ4n) is 10.7. The number of nitrogens with one attached hydrogen (secondary N) is 5. The number of aryl methyl sites for hydroxylation is 3. The Kier molecular flexibility index (Phi) is 29.5. The molecule has 0 aliphatic heterocycles. The molecule has 7 N–H and O–H groups in total. The van der Waals surface area contributed by atoms with Gasteiger partial charge in [0.2, 0.25) is 5.91 Å². The molecule has 107 heavy (non-hydrogen) atoms. The number of nitrogens with zero attached hydrogens (tertiary/aromatic N) is 2. The number of esters is 1. The number of rotatable bonds is 14. The number of thiophene rings is 1. The summed E-state index contributed by atoms with van der Waals surface area (Å²) in [4.78, 5) is 101. The van der Waals surface area contributed by atoms with Crippen molar-refractivity contribution in [2.75, 3.05) is 33.2 Å². The maximum Gasteiger partial charge on any atom is 0.341 e. The Balaban J connectivity index is 0.000000210. The van der Waals surface area contributed by atoms with Gasteiger partial charge in [0.25, 0.3) is 23.6 Å². The molecule has 0 saturated heterocycles. The van der Waals surface area contributed by atoms with Crippen LogP contribution in [0.2, 0.25) is 0 Å². The fraction of sp³-hybridized carbons (Fsp3) is 0.333. The number of allylic oxidation sites excluding steroid dienone is 2. The molecular weight excluding hydrogens is 1370 g/mol. The smallest absolute Gasteiger partial charge is 0.341 e. The molecule has 19 nitrogen and oxygen atoms in total. The molecule has 20 heteroatoms. The monoisotopic (exact) mass is 1470 g/mol. The number of para-hydroxylation sites is 1. The minimum Gasteiger partial charge on any atom is -0.481 e. The quantitative estimate of drug-likeness (QED) is 0.0394. The molecule has 0 bridgehead atoms. The molecule has 10 rings (SSSR count). The predicted molar refractivity (Wildman–Crippen MR) is 428 cm³/mol. The lowest BCUT2D eigenvalue weighted by Crippen LogP contribution is -2.34. The lowest BCUT2D eigenvalue weighted by molar-refractivity contribution is -0.146. The van der Waals surface area contributed by atoms with Crippen molar-refractivity contribution in [1.82, 2.24) is 10.1 Å². The molecule has 0 fully saturated rings. The van der Waals surface area contributed by atoms with Crippen LogP contribution in [0.3, 0.4) is 0 Å². The van der Waals surface area contributed by atoms with Crippen LogP contribution in [0.25, 0.3) is 0 Å². The first-order chi connectivity index (χ1) is 50.0. The van der Waals surface area contributed by atoms with Crippen LogP contribution in [0.1, 0.15) is 230 Å². The number of carbonyl (C=O) groups excluding carboxylic acids is 6. The second kappa shape index (κ2) is 37.2. The van der Waals surface area contributed by atoms with Crippen molar-refractivity contribution in [1.29, 1.82) is 0 Å². The Morgan fingerprint density at radius 2 is 0.869 bits per heavy atom. The lowest BCUT2D eigenvalue weighted by atomic mass is 9.82. The molecule has 3 heterocycles. The summed E-state index contributed by atoms with van der Waals surface area (Å²) in [7, 11) is 0. The summed E-state index contributed by atoms with van der Waals surface area (Å²) in [6, 6.07) is 51.4. The second-order valence-corrected chi connectivity index (χ2v) is 32.4. The molecule has 2 unspecified atom stereocenters. The Morgan fingerprint density at radius 3 is 1.26 bits per heavy atom. The van der Waals surface area contributed by atoms with Crippen molar-refractivity contribution < 1.29 is 57.8 Å². The van der Waals surface area contributed by atoms with E-state index >= 15 is 0 Å². The van der Waals surface area contributed by atoms with E-state index < -0.39 is 29.7 Å². The number of ether oxygens (including phenoxy) is 1. The number of pyridine rings is 1. The van der Waals surface area contributed by atoms with Gasteiger partial charge in [0.1, 0.15) is 16.6 Å². The lowest BCUT2D eigenvalue weighted by Gasteiger charge is -2.24. The largest absolute Gasteiger partial charge is 0.481 e. The molecule has 1 aliphatic carbocycles. The summed E-state index contributed by atoms with van der Waals surface area (Å²) in [5, 5.41) is 36.4. The molecule has 0 radical (unpaired) electrons. The van der Waals surface area contributed by atoms with Crippen LogP contribution < -0.4 is 26.6 Å². The number of hydrogen-bond acceptors (Lipinski definition) is 13. The van der Waals surface area contributed by atoms with Gasteiger partial charge in [-0.2, -0.15) is 0 Å². The number of hydrogen-bond donors (Lipinski definition) is 7. The standard InChI is InChI=1S/C19H23NO3S.C18H23NO3.C18H19NO3.C17H20N2O.C15H18N2O2/c1-6-23-18(22)15-11-12(2)24-17(15)20-16(21)13-7-9-14(10-8-13)19(3,4)5;1-18(2,3)12-8-10-13(11-9-12)19-16(20)14-6-4-5-7-15(14)17(21)22;1-18(2,3)13-10-8-12(9-11-13)16(20)19-15-7-5-4-6-14(15)17(21)22;1-12-9-10-18-15(11-12)19-16(20)13-5-7-14(8-6-13)17(2,3)4;1-10-9-13(17-19-10)16-14(18)11-5-7-12(8-6-11)15(2,3)4/h7-11H,6H2,1-5H3,(H,20,21);4-5,8-11,14-15H,6-7H2,1-3H3,(H,19,20)(H,21,22);4-11H,1-3H3,(H,19,20)(H,21,22);5-11H,1-4H3,(H,18,19,20);5-9H,1-4H3,(H,16,17,18). The maximum absolute atomic E-state index is 12.5. The summed E-state index contributed by atoms with van der Waals surface area (Å²) < 4.78 is 9.94. The van der Waals surface area contributed by atoms with Crippen molar-refractivity contribution in [3.05, 3.63) is 266 Å². The molecule has 1 aliphatic rings. The van der Waals surface area contributed by atoms with Crippen molar-refractivity contribution in [2.45, 2.75) is 171 Å². The predicted octanol–water partition coefficient (Wildman–Crippen LogP) is 19.8. The van der Waals surface area contributed by atoms with Crippen molar-refractivity contribution in [3.63, 3.8) is 0 Å². The first-order valence-electron chi connectivity index (χ1n) is 35.4. The van der Waals surface area contributed by atoms with Gasteiger partial charge in [0, 0.05) is 45.1 Å². The van der Waals surface area contributed by atoms with E-state index in [4.69, 9.17) is 14.4 Å². The number of carboxylic acids is 2. The zero-order valence-electron chi connectivity index (χ0n) is 65.0. The number of benzene rings is 6. The average Bonchev–Trinajstić information content (AvgIpc) is 1.79. The van der Waals surface area contributed by atoms with E-state index in [0.29, 0.717) is 81.0 Å². The van der Waals surface area contributed by atoms with Crippen LogP contribution in [0.4, 0.5) is 28.0 Å². The highest BCUT2D eigenvalue weighted by molar-refractivity contribution is 7.16. The fourth-order valence-corrected chi connectivity index (χ4v) is 11.6. The molecule has 0 saturated carbocycles. The Morgan fingerprint density at radius 1 is 0.467 bits per heavy atom. The van der Waals surface area contributed by atoms with E-state index in [1.807, 2.05) is 135 Å². The normalized spacial score (nSPS) is 13.3. The Labute approximate surface area is 633 Å². The molecule has 5 amide bonds. The Bertz CT molecular complexity index is 4560. The number of amides is 5. The number of anilines is 5. The van der Waals surface area contributed by atoms with Gasteiger partial charge < -0.3 is 46.1 Å². The van der Waals surface area contributed by atoms with Crippen molar-refractivity contribution >= 4 is 86.8 Å². The highest BCUT2D eigenvalue weighted by Crippen LogP contribution is 2.32. The molecule has 3 aromatic heterocycles. The Hall–Kier alpha value is -11.1. The third-order valence-corrected chi connectivity index (χ3v) is 18.1. The highest BCUT2D eigenvalue weighted by atomic mass is 32.1. The van der Waals surface area contributed by atoms with Gasteiger partial charge in [-0.1, -0.05) is 194 Å². The van der Waals surface area contributed by atoms with E-state index in [1.54, 1.807) is 74.6 Å². The van der Waals surface area contributed by atoms with Gasteiger partial charge in [-0.15, -0.1) is 11.3 Å². The minimum atomic E-state index is -1.07. The van der Waals surface area contributed by atoms with E-state index in [2.05, 4.69) is 141 Å². The van der Waals surface area contributed by atoms with Crippen LogP contribution >= 0.6 is 11.3 Å². The van der Waals surface area contributed by atoms with E-state index in [9.17, 15) is 43.5 Å². The molecule has 564 valence electrons. The van der Waals surface area contributed by atoms with Gasteiger partial charge >= 0.3 is 17.9 Å². The van der Waals surface area contributed by atoms with E-state index in [1.165, 1.54) is 39.7 Å². The number of carbonyl (C=O) groups is 8. The number of carboxylic acid groups (broad SMARTS) is 2. The number of aliphatic carboxylic acids is 1. The summed E-state index contributed by atoms with van der Waals surface area (Å²) in [6.07, 6.45) is 6.29. The number of aromatic nitrogens is 2. The number of aromatic carboxylic acids is 1. The summed E-state index contributed by atoms with van der Waals surface area (Å²) in [6.45, 7) is 39.6. The molecule has 0 spiro atoms. The van der Waals surface area contributed by atoms with Crippen molar-refractivity contribution in [3.8, 4) is 0 Å². The van der Waals surface area contributed by atoms with Crippen molar-refractivity contribution in [2.24, 2.45) is 11.8 Å². The zero-order chi connectivity index (χ0) is 79.4. The highest BCUT2D eigenvalue weighted by Gasteiger charge is 2.34. The SMILES string of the molecule is CC(C)(C)c1ccc(C(=O)Nc2ccccc2C(=O)O)cc1.CC(C)(C)c1ccc(NC(=O)C2CC=CCC2C(=O)O)cc1.CCOC(=O)c1cc(C)sc1NC(=O)c1ccc(C(C)(C)C)cc1.Cc1cc(NC(=O)c2ccc(C(C)(C)C)cc2)no1.Cc1ccnc(NC(=O)c2ccc(C(C)(C)C)cc2)c1. The van der Waals surface area contributed by atoms with Crippen LogP contribution in [0, 0.1) is 32.6 Å². The summed E-state index contributed by atoms with van der Waals surface area (Å²) >= 11 is 1.37. The van der Waals surface area contributed by atoms with Gasteiger partial charge in [-0.05, 0) is 192 Å². The van der Waals surface area contributed by atoms with E-state index in [-0.39, 0.29) is 62.2 Å².